The van der Waals surface area contributed by atoms with Gasteiger partial charge in [0, 0.05) is 0 Å². The Bertz CT molecular complexity index is 256. The van der Waals surface area contributed by atoms with Crippen LogP contribution in [-0.2, 0) is 9.53 Å². The predicted molar refractivity (Wildman–Crippen MR) is 48.3 cm³/mol. The molecule has 1 radical (unpaired) electrons. The number of para-hydroxylation sites is 1. The molecule has 0 aromatic heterocycles. The third-order valence-corrected chi connectivity index (χ3v) is 1.36. The lowest BCUT2D eigenvalue weighted by molar-refractivity contribution is -0.138. The van der Waals surface area contributed by atoms with Crippen molar-refractivity contribution < 1.29 is 14.3 Å². The van der Waals surface area contributed by atoms with Crippen LogP contribution in [-0.4, -0.2) is 19.2 Å². The van der Waals surface area contributed by atoms with Crippen LogP contribution in [0.3, 0.4) is 0 Å². The second-order valence-corrected chi connectivity index (χ2v) is 2.38. The minimum absolute atomic E-state index is 0.233. The van der Waals surface area contributed by atoms with Crippen molar-refractivity contribution in [2.75, 3.05) is 13.2 Å². The minimum Gasteiger partial charge on any atom is -0.490 e. The third-order valence-electron chi connectivity index (χ3n) is 1.36. The number of rotatable bonds is 4. The van der Waals surface area contributed by atoms with Gasteiger partial charge >= 0.3 is 5.97 Å². The topological polar surface area (TPSA) is 35.5 Å². The van der Waals surface area contributed by atoms with Crippen LogP contribution < -0.4 is 4.74 Å². The number of hydrogen-bond donors (Lipinski definition) is 0. The zero-order valence-electron chi connectivity index (χ0n) is 7.23. The maximum Gasteiger partial charge on any atom is 0.306 e. The fraction of sp³-hybridized carbons (Fsp3) is 0.200. The first-order valence-corrected chi connectivity index (χ1v) is 3.95. The SMILES string of the molecule is [CH2]C(=O)OCCOc1ccccc1. The summed E-state index contributed by atoms with van der Waals surface area (Å²) in [6.07, 6.45) is 0. The molecule has 1 rings (SSSR count). The van der Waals surface area contributed by atoms with E-state index >= 15 is 0 Å². The van der Waals surface area contributed by atoms with Gasteiger partial charge in [-0.05, 0) is 12.1 Å². The van der Waals surface area contributed by atoms with E-state index in [1.807, 2.05) is 30.3 Å². The van der Waals surface area contributed by atoms with Crippen molar-refractivity contribution in [3.8, 4) is 5.75 Å². The molecule has 1 aromatic carbocycles. The smallest absolute Gasteiger partial charge is 0.306 e. The van der Waals surface area contributed by atoms with Crippen LogP contribution >= 0.6 is 0 Å². The summed E-state index contributed by atoms with van der Waals surface area (Å²) in [5.74, 6) is 0.235. The molecule has 1 aromatic rings. The van der Waals surface area contributed by atoms with E-state index < -0.39 is 5.97 Å². The van der Waals surface area contributed by atoms with E-state index in [0.717, 1.165) is 5.75 Å². The van der Waals surface area contributed by atoms with Gasteiger partial charge in [-0.25, -0.2) is 0 Å². The summed E-state index contributed by atoms with van der Waals surface area (Å²) in [6.45, 7) is 3.65. The summed E-state index contributed by atoms with van der Waals surface area (Å²) in [7, 11) is 0. The normalized spacial score (nSPS) is 9.31. The van der Waals surface area contributed by atoms with Crippen LogP contribution in [0, 0.1) is 6.92 Å². The molecule has 0 N–H and O–H groups in total. The summed E-state index contributed by atoms with van der Waals surface area (Å²) in [5, 5.41) is 0. The van der Waals surface area contributed by atoms with Crippen molar-refractivity contribution in [1.29, 1.82) is 0 Å². The molecular formula is C10H11O3. The summed E-state index contributed by atoms with van der Waals surface area (Å²) in [6, 6.07) is 9.34. The number of carbonyl (C=O) groups excluding carboxylic acids is 1. The van der Waals surface area contributed by atoms with Crippen LogP contribution in [0.4, 0.5) is 0 Å². The Labute approximate surface area is 77.3 Å². The Kier molecular flexibility index (Phi) is 3.82. The average Bonchev–Trinajstić information content (AvgIpc) is 2.14. The first-order valence-electron chi connectivity index (χ1n) is 3.95. The standard InChI is InChI=1S/C10H11O3/c1-9(11)12-7-8-13-10-5-3-2-4-6-10/h2-6H,1,7-8H2. The van der Waals surface area contributed by atoms with Gasteiger partial charge in [-0.2, -0.15) is 0 Å². The van der Waals surface area contributed by atoms with E-state index in [4.69, 9.17) is 4.74 Å². The van der Waals surface area contributed by atoms with Crippen LogP contribution in [0.1, 0.15) is 0 Å². The molecule has 0 amide bonds. The molecule has 0 saturated carbocycles. The number of esters is 1. The average molecular weight is 179 g/mol. The van der Waals surface area contributed by atoms with Crippen LogP contribution in [0.15, 0.2) is 30.3 Å². The highest BCUT2D eigenvalue weighted by Gasteiger charge is 1.93. The molecule has 69 valence electrons. The highest BCUT2D eigenvalue weighted by Crippen LogP contribution is 2.07. The molecule has 0 bridgehead atoms. The molecule has 0 aliphatic rings. The van der Waals surface area contributed by atoms with Gasteiger partial charge in [0.2, 0.25) is 0 Å². The van der Waals surface area contributed by atoms with Gasteiger partial charge in [0.15, 0.2) is 0 Å². The van der Waals surface area contributed by atoms with Crippen molar-refractivity contribution in [2.24, 2.45) is 0 Å². The van der Waals surface area contributed by atoms with E-state index in [1.165, 1.54) is 0 Å². The highest BCUT2D eigenvalue weighted by molar-refractivity contribution is 5.73. The van der Waals surface area contributed by atoms with Crippen molar-refractivity contribution in [3.05, 3.63) is 37.3 Å². The minimum atomic E-state index is -0.531. The molecule has 0 heterocycles. The third kappa shape index (κ3) is 4.15. The second kappa shape index (κ2) is 5.19. The summed E-state index contributed by atoms with van der Waals surface area (Å²) >= 11 is 0. The Morgan fingerprint density at radius 1 is 1.23 bits per heavy atom. The largest absolute Gasteiger partial charge is 0.490 e. The fourth-order valence-corrected chi connectivity index (χ4v) is 0.832. The summed E-state index contributed by atoms with van der Waals surface area (Å²) in [5.41, 5.74) is 0. The van der Waals surface area contributed by atoms with Gasteiger partial charge in [-0.3, -0.25) is 4.79 Å². The lowest BCUT2D eigenvalue weighted by atomic mass is 10.3. The Hall–Kier alpha value is -1.51. The predicted octanol–water partition coefficient (Wildman–Crippen LogP) is 1.44. The van der Waals surface area contributed by atoms with Gasteiger partial charge < -0.3 is 9.47 Å². The fourth-order valence-electron chi connectivity index (χ4n) is 0.832. The van der Waals surface area contributed by atoms with Crippen LogP contribution in [0.2, 0.25) is 0 Å². The van der Waals surface area contributed by atoms with E-state index in [-0.39, 0.29) is 6.61 Å². The summed E-state index contributed by atoms with van der Waals surface area (Å²) < 4.78 is 9.84. The number of benzene rings is 1. The molecule has 0 saturated heterocycles. The molecule has 3 heteroatoms. The Morgan fingerprint density at radius 2 is 1.92 bits per heavy atom. The van der Waals surface area contributed by atoms with E-state index in [0.29, 0.717) is 6.61 Å². The molecular weight excluding hydrogens is 168 g/mol. The first-order chi connectivity index (χ1) is 6.29. The zero-order valence-corrected chi connectivity index (χ0v) is 7.23. The molecule has 0 fully saturated rings. The van der Waals surface area contributed by atoms with E-state index in [9.17, 15) is 4.79 Å². The van der Waals surface area contributed by atoms with Crippen molar-refractivity contribution in [1.82, 2.24) is 0 Å². The van der Waals surface area contributed by atoms with Crippen LogP contribution in [0.25, 0.3) is 0 Å². The quantitative estimate of drug-likeness (QED) is 0.518. The Morgan fingerprint density at radius 3 is 2.54 bits per heavy atom. The summed E-state index contributed by atoms with van der Waals surface area (Å²) in [4.78, 5) is 10.3. The van der Waals surface area contributed by atoms with Crippen LogP contribution in [0.5, 0.6) is 5.75 Å². The number of ether oxygens (including phenoxy) is 2. The maximum absolute atomic E-state index is 10.3. The zero-order chi connectivity index (χ0) is 9.52. The lowest BCUT2D eigenvalue weighted by Crippen LogP contribution is -2.09. The first kappa shape index (κ1) is 9.58. The van der Waals surface area contributed by atoms with E-state index in [1.54, 1.807) is 0 Å². The molecule has 13 heavy (non-hydrogen) atoms. The molecule has 0 atom stereocenters. The molecule has 0 aliphatic carbocycles. The lowest BCUT2D eigenvalue weighted by Gasteiger charge is -2.05. The van der Waals surface area contributed by atoms with Gasteiger partial charge in [0.05, 0.1) is 6.92 Å². The monoisotopic (exact) mass is 179 g/mol. The van der Waals surface area contributed by atoms with Gasteiger partial charge in [0.25, 0.3) is 0 Å². The molecule has 0 unspecified atom stereocenters. The maximum atomic E-state index is 10.3. The van der Waals surface area contributed by atoms with Crippen molar-refractivity contribution >= 4 is 5.97 Å². The van der Waals surface area contributed by atoms with Gasteiger partial charge in [-0.1, -0.05) is 18.2 Å². The Balaban J connectivity index is 2.17. The van der Waals surface area contributed by atoms with Crippen molar-refractivity contribution in [3.63, 3.8) is 0 Å². The molecule has 0 aliphatic heterocycles. The number of hydrogen-bond acceptors (Lipinski definition) is 3. The number of carbonyl (C=O) groups is 1. The second-order valence-electron chi connectivity index (χ2n) is 2.38. The molecule has 0 spiro atoms. The van der Waals surface area contributed by atoms with Crippen molar-refractivity contribution in [2.45, 2.75) is 0 Å². The van der Waals surface area contributed by atoms with E-state index in [2.05, 4.69) is 11.7 Å². The highest BCUT2D eigenvalue weighted by atomic mass is 16.6. The molecule has 3 nitrogen and oxygen atoms in total. The van der Waals surface area contributed by atoms with Gasteiger partial charge in [-0.15, -0.1) is 0 Å². The van der Waals surface area contributed by atoms with Gasteiger partial charge in [0.1, 0.15) is 19.0 Å².